The summed E-state index contributed by atoms with van der Waals surface area (Å²) >= 11 is 0. The zero-order valence-electron chi connectivity index (χ0n) is 15.7. The highest BCUT2D eigenvalue weighted by Crippen LogP contribution is 2.30. The van der Waals surface area contributed by atoms with Crippen molar-refractivity contribution < 1.29 is 19.4 Å². The average molecular weight is 367 g/mol. The van der Waals surface area contributed by atoms with Crippen molar-refractivity contribution in [3.63, 3.8) is 0 Å². The molecule has 1 aliphatic heterocycles. The van der Waals surface area contributed by atoms with Crippen molar-refractivity contribution >= 4 is 12.0 Å². The van der Waals surface area contributed by atoms with Crippen LogP contribution in [0.5, 0.6) is 17.2 Å². The van der Waals surface area contributed by atoms with Gasteiger partial charge in [-0.3, -0.25) is 4.79 Å². The van der Waals surface area contributed by atoms with Crippen molar-refractivity contribution in [2.45, 2.75) is 18.8 Å². The highest BCUT2D eigenvalue weighted by atomic mass is 16.5. The molecule has 0 saturated carbocycles. The number of nitrogens with zero attached hydrogens (tertiary/aromatic N) is 1. The Morgan fingerprint density at radius 3 is 2.33 bits per heavy atom. The Balaban J connectivity index is 1.58. The number of phenols is 1. The van der Waals surface area contributed by atoms with Gasteiger partial charge in [-0.25, -0.2) is 0 Å². The topological polar surface area (TPSA) is 59.0 Å². The van der Waals surface area contributed by atoms with Gasteiger partial charge in [-0.15, -0.1) is 0 Å². The molecule has 0 aromatic heterocycles. The molecule has 1 aliphatic rings. The monoisotopic (exact) mass is 367 g/mol. The van der Waals surface area contributed by atoms with Crippen LogP contribution in [0.3, 0.4) is 0 Å². The summed E-state index contributed by atoms with van der Waals surface area (Å²) in [5, 5.41) is 9.41. The maximum atomic E-state index is 12.5. The van der Waals surface area contributed by atoms with Gasteiger partial charge in [-0.2, -0.15) is 0 Å². The number of carbonyl (C=O) groups is 1. The van der Waals surface area contributed by atoms with Gasteiger partial charge in [0.25, 0.3) is 0 Å². The summed E-state index contributed by atoms with van der Waals surface area (Å²) in [6, 6.07) is 12.9. The Bertz CT molecular complexity index is 806. The second kappa shape index (κ2) is 8.62. The maximum Gasteiger partial charge on any atom is 0.246 e. The number of methoxy groups -OCH3 is 2. The molecule has 0 radical (unpaired) electrons. The molecule has 1 saturated heterocycles. The molecule has 1 N–H and O–H groups in total. The Morgan fingerprint density at radius 1 is 1.04 bits per heavy atom. The van der Waals surface area contributed by atoms with E-state index in [1.54, 1.807) is 38.5 Å². The number of piperidine rings is 1. The van der Waals surface area contributed by atoms with Gasteiger partial charge in [0.05, 0.1) is 14.2 Å². The fourth-order valence-corrected chi connectivity index (χ4v) is 3.41. The zero-order chi connectivity index (χ0) is 19.2. The molecule has 0 aliphatic carbocycles. The van der Waals surface area contributed by atoms with Crippen molar-refractivity contribution in [2.75, 3.05) is 27.3 Å². The summed E-state index contributed by atoms with van der Waals surface area (Å²) in [6.45, 7) is 1.47. The van der Waals surface area contributed by atoms with Gasteiger partial charge < -0.3 is 19.5 Å². The third-order valence-electron chi connectivity index (χ3n) is 5.00. The molecule has 3 rings (SSSR count). The molecule has 0 atom stereocenters. The number of hydrogen-bond donors (Lipinski definition) is 1. The molecular formula is C22H25NO4. The number of carbonyl (C=O) groups excluding carboxylic acids is 1. The minimum absolute atomic E-state index is 0.0222. The lowest BCUT2D eigenvalue weighted by Crippen LogP contribution is -2.36. The largest absolute Gasteiger partial charge is 0.508 e. The Kier molecular flexibility index (Phi) is 6.01. The van der Waals surface area contributed by atoms with E-state index in [4.69, 9.17) is 9.47 Å². The van der Waals surface area contributed by atoms with E-state index in [0.717, 1.165) is 31.5 Å². The summed E-state index contributed by atoms with van der Waals surface area (Å²) in [5.41, 5.74) is 2.11. The third-order valence-corrected chi connectivity index (χ3v) is 5.00. The normalized spacial score (nSPS) is 15.1. The van der Waals surface area contributed by atoms with E-state index in [9.17, 15) is 9.90 Å². The fraction of sp³-hybridized carbons (Fsp3) is 0.318. The number of amides is 1. The Hall–Kier alpha value is -2.95. The smallest absolute Gasteiger partial charge is 0.246 e. The highest BCUT2D eigenvalue weighted by Gasteiger charge is 2.22. The van der Waals surface area contributed by atoms with E-state index in [-0.39, 0.29) is 11.7 Å². The standard InChI is InChI=1S/C22H25NO4/c1-26-20-9-3-16(15-21(20)27-2)4-10-22(25)23-13-11-18(12-14-23)17-5-7-19(24)8-6-17/h3-10,15,18,24H,11-14H2,1-2H3/b10-4+. The van der Waals surface area contributed by atoms with Crippen LogP contribution in [0.25, 0.3) is 6.08 Å². The van der Waals surface area contributed by atoms with Crippen molar-refractivity contribution in [3.8, 4) is 17.2 Å². The van der Waals surface area contributed by atoms with Gasteiger partial charge in [0, 0.05) is 19.2 Å². The van der Waals surface area contributed by atoms with E-state index >= 15 is 0 Å². The minimum Gasteiger partial charge on any atom is -0.508 e. The van der Waals surface area contributed by atoms with E-state index in [2.05, 4.69) is 0 Å². The molecular weight excluding hydrogens is 342 g/mol. The van der Waals surface area contributed by atoms with Gasteiger partial charge in [0.2, 0.25) is 5.91 Å². The van der Waals surface area contributed by atoms with Crippen molar-refractivity contribution in [2.24, 2.45) is 0 Å². The van der Waals surface area contributed by atoms with Crippen LogP contribution in [0.4, 0.5) is 0 Å². The molecule has 1 heterocycles. The number of ether oxygens (including phenoxy) is 2. The molecule has 1 fully saturated rings. The molecule has 0 spiro atoms. The molecule has 27 heavy (non-hydrogen) atoms. The lowest BCUT2D eigenvalue weighted by molar-refractivity contribution is -0.126. The van der Waals surface area contributed by atoms with Crippen LogP contribution < -0.4 is 9.47 Å². The van der Waals surface area contributed by atoms with Gasteiger partial charge in [-0.05, 0) is 60.2 Å². The van der Waals surface area contributed by atoms with Crippen LogP contribution in [0.15, 0.2) is 48.5 Å². The summed E-state index contributed by atoms with van der Waals surface area (Å²) in [5.74, 6) is 2.05. The first-order valence-corrected chi connectivity index (χ1v) is 9.08. The number of likely N-dealkylation sites (tertiary alicyclic amines) is 1. The summed E-state index contributed by atoms with van der Waals surface area (Å²) in [4.78, 5) is 14.4. The van der Waals surface area contributed by atoms with Gasteiger partial charge in [-0.1, -0.05) is 18.2 Å². The van der Waals surface area contributed by atoms with Crippen LogP contribution in [0, 0.1) is 0 Å². The maximum absolute atomic E-state index is 12.5. The summed E-state index contributed by atoms with van der Waals surface area (Å²) in [6.07, 6.45) is 5.28. The Labute approximate surface area is 159 Å². The predicted octanol–water partition coefficient (Wildman–Crippen LogP) is 3.83. The van der Waals surface area contributed by atoms with E-state index < -0.39 is 0 Å². The molecule has 5 nitrogen and oxygen atoms in total. The first-order valence-electron chi connectivity index (χ1n) is 9.08. The van der Waals surface area contributed by atoms with Gasteiger partial charge >= 0.3 is 0 Å². The molecule has 2 aromatic rings. The first-order chi connectivity index (χ1) is 13.1. The SMILES string of the molecule is COc1ccc(/C=C/C(=O)N2CCC(c3ccc(O)cc3)CC2)cc1OC. The number of aromatic hydroxyl groups is 1. The molecule has 5 heteroatoms. The van der Waals surface area contributed by atoms with E-state index in [1.165, 1.54) is 5.56 Å². The number of rotatable bonds is 5. The predicted molar refractivity (Wildman–Crippen MR) is 105 cm³/mol. The molecule has 0 bridgehead atoms. The van der Waals surface area contributed by atoms with Crippen LogP contribution in [0.1, 0.15) is 29.9 Å². The van der Waals surface area contributed by atoms with Crippen molar-refractivity contribution in [3.05, 3.63) is 59.7 Å². The number of phenolic OH excluding ortho intramolecular Hbond substituents is 1. The minimum atomic E-state index is 0.0222. The van der Waals surface area contributed by atoms with Crippen LogP contribution in [-0.4, -0.2) is 43.2 Å². The lowest BCUT2D eigenvalue weighted by Gasteiger charge is -2.31. The molecule has 1 amide bonds. The van der Waals surface area contributed by atoms with Crippen molar-refractivity contribution in [1.29, 1.82) is 0 Å². The highest BCUT2D eigenvalue weighted by molar-refractivity contribution is 5.92. The van der Waals surface area contributed by atoms with E-state index in [0.29, 0.717) is 17.4 Å². The number of hydrogen-bond acceptors (Lipinski definition) is 4. The lowest BCUT2D eigenvalue weighted by atomic mass is 9.89. The van der Waals surface area contributed by atoms with Crippen LogP contribution >= 0.6 is 0 Å². The zero-order valence-corrected chi connectivity index (χ0v) is 15.7. The Morgan fingerprint density at radius 2 is 1.70 bits per heavy atom. The first kappa shape index (κ1) is 18.8. The second-order valence-electron chi connectivity index (χ2n) is 6.64. The van der Waals surface area contributed by atoms with Crippen LogP contribution in [-0.2, 0) is 4.79 Å². The number of benzene rings is 2. The quantitative estimate of drug-likeness (QED) is 0.816. The van der Waals surface area contributed by atoms with E-state index in [1.807, 2.05) is 35.2 Å². The molecule has 2 aromatic carbocycles. The second-order valence-corrected chi connectivity index (χ2v) is 6.64. The van der Waals surface area contributed by atoms with Crippen LogP contribution in [0.2, 0.25) is 0 Å². The summed E-state index contributed by atoms with van der Waals surface area (Å²) < 4.78 is 10.5. The average Bonchev–Trinajstić information content (AvgIpc) is 2.72. The van der Waals surface area contributed by atoms with Crippen molar-refractivity contribution in [1.82, 2.24) is 4.90 Å². The van der Waals surface area contributed by atoms with Gasteiger partial charge in [0.1, 0.15) is 5.75 Å². The third kappa shape index (κ3) is 4.61. The molecule has 142 valence electrons. The molecule has 0 unspecified atom stereocenters. The van der Waals surface area contributed by atoms with Gasteiger partial charge in [0.15, 0.2) is 11.5 Å². The fourth-order valence-electron chi connectivity index (χ4n) is 3.41. The summed E-state index contributed by atoms with van der Waals surface area (Å²) in [7, 11) is 3.19.